The van der Waals surface area contributed by atoms with E-state index in [4.69, 9.17) is 5.73 Å². The molecule has 3 amide bonds. The molecular formula is C25H23F2N5O4. The molecule has 2 aromatic carbocycles. The van der Waals surface area contributed by atoms with Crippen LogP contribution in [-0.2, 0) is 11.2 Å². The van der Waals surface area contributed by atoms with Crippen molar-refractivity contribution in [2.75, 3.05) is 22.9 Å². The number of piperidine rings is 1. The van der Waals surface area contributed by atoms with Crippen LogP contribution in [0.4, 0.5) is 20.2 Å². The van der Waals surface area contributed by atoms with Gasteiger partial charge in [-0.25, -0.2) is 4.68 Å². The minimum absolute atomic E-state index is 0.0515. The van der Waals surface area contributed by atoms with E-state index in [0.29, 0.717) is 24.2 Å². The summed E-state index contributed by atoms with van der Waals surface area (Å²) in [5.41, 5.74) is 7.25. The SMILES string of the molecule is NC(=O)c1nn(-c2ccccc2OC(F)F)c2c1CCN(c1ccc(N3CCCCC3=O)cc1)C2=O. The second kappa shape index (κ2) is 9.40. The molecule has 0 spiro atoms. The number of benzene rings is 2. The van der Waals surface area contributed by atoms with Crippen molar-refractivity contribution in [1.29, 1.82) is 0 Å². The van der Waals surface area contributed by atoms with Crippen molar-refractivity contribution in [2.24, 2.45) is 5.73 Å². The van der Waals surface area contributed by atoms with Crippen LogP contribution in [0.25, 0.3) is 5.69 Å². The van der Waals surface area contributed by atoms with Gasteiger partial charge >= 0.3 is 6.61 Å². The molecule has 1 saturated heterocycles. The number of hydrogen-bond acceptors (Lipinski definition) is 5. The summed E-state index contributed by atoms with van der Waals surface area (Å²) in [5, 5.41) is 4.22. The molecule has 0 radical (unpaired) electrons. The highest BCUT2D eigenvalue weighted by molar-refractivity contribution is 6.09. The first-order valence-corrected chi connectivity index (χ1v) is 11.5. The quantitative estimate of drug-likeness (QED) is 0.564. The Bertz CT molecular complexity index is 1340. The van der Waals surface area contributed by atoms with Crippen LogP contribution >= 0.6 is 0 Å². The number of amides is 3. The Morgan fingerprint density at radius 1 is 0.944 bits per heavy atom. The Balaban J connectivity index is 1.52. The Labute approximate surface area is 205 Å². The Kier molecular flexibility index (Phi) is 6.13. The van der Waals surface area contributed by atoms with E-state index >= 15 is 0 Å². The first-order chi connectivity index (χ1) is 17.3. The van der Waals surface area contributed by atoms with Gasteiger partial charge in [0.05, 0.1) is 0 Å². The van der Waals surface area contributed by atoms with Gasteiger partial charge in [-0.3, -0.25) is 14.4 Å². The van der Waals surface area contributed by atoms with Crippen LogP contribution in [0.1, 0.15) is 45.8 Å². The topological polar surface area (TPSA) is 111 Å². The van der Waals surface area contributed by atoms with Gasteiger partial charge in [0, 0.05) is 36.4 Å². The van der Waals surface area contributed by atoms with Gasteiger partial charge in [0.1, 0.15) is 11.4 Å². The fourth-order valence-corrected chi connectivity index (χ4v) is 4.70. The van der Waals surface area contributed by atoms with E-state index in [-0.39, 0.29) is 41.7 Å². The molecule has 0 aliphatic carbocycles. The number of nitrogens with zero attached hydrogens (tertiary/aromatic N) is 4. The molecule has 1 aromatic heterocycles. The van der Waals surface area contributed by atoms with Crippen molar-refractivity contribution in [1.82, 2.24) is 9.78 Å². The summed E-state index contributed by atoms with van der Waals surface area (Å²) in [6.45, 7) is -2.18. The lowest BCUT2D eigenvalue weighted by Crippen LogP contribution is -2.39. The predicted molar refractivity (Wildman–Crippen MR) is 127 cm³/mol. The summed E-state index contributed by atoms with van der Waals surface area (Å²) in [4.78, 5) is 41.3. The number of carbonyl (C=O) groups is 3. The van der Waals surface area contributed by atoms with Gasteiger partial charge in [0.15, 0.2) is 11.4 Å². The number of hydrogen-bond donors (Lipinski definition) is 1. The predicted octanol–water partition coefficient (Wildman–Crippen LogP) is 3.29. The molecule has 5 rings (SSSR count). The van der Waals surface area contributed by atoms with Crippen molar-refractivity contribution in [3.05, 3.63) is 65.5 Å². The van der Waals surface area contributed by atoms with Crippen LogP contribution < -0.4 is 20.3 Å². The molecule has 0 bridgehead atoms. The number of alkyl halides is 2. The molecule has 11 heteroatoms. The third kappa shape index (κ3) is 4.16. The van der Waals surface area contributed by atoms with Crippen molar-refractivity contribution in [2.45, 2.75) is 32.3 Å². The van der Waals surface area contributed by atoms with E-state index in [1.807, 2.05) is 0 Å². The van der Waals surface area contributed by atoms with Gasteiger partial charge in [-0.15, -0.1) is 0 Å². The summed E-state index contributed by atoms with van der Waals surface area (Å²) < 4.78 is 31.8. The molecule has 0 atom stereocenters. The zero-order valence-corrected chi connectivity index (χ0v) is 19.2. The average Bonchev–Trinajstić information content (AvgIpc) is 3.26. The van der Waals surface area contributed by atoms with Crippen LogP contribution in [0.15, 0.2) is 48.5 Å². The van der Waals surface area contributed by atoms with Crippen molar-refractivity contribution >= 4 is 29.1 Å². The normalized spacial score (nSPS) is 15.9. The Morgan fingerprint density at radius 2 is 1.64 bits per heavy atom. The van der Waals surface area contributed by atoms with Crippen LogP contribution in [0.2, 0.25) is 0 Å². The Hall–Kier alpha value is -4.28. The standard InChI is InChI=1S/C25H23F2N5O4/c26-25(27)36-19-6-2-1-5-18(19)32-22-17(21(29-32)23(28)34)12-14-31(24(22)35)16-10-8-15(9-11-16)30-13-4-3-7-20(30)33/h1-2,5-6,8-11,25H,3-4,7,12-14H2,(H2,28,34). The number of halogens is 2. The maximum absolute atomic E-state index is 13.7. The zero-order chi connectivity index (χ0) is 25.4. The minimum Gasteiger partial charge on any atom is -0.433 e. The molecule has 0 unspecified atom stereocenters. The lowest BCUT2D eigenvalue weighted by molar-refractivity contribution is -0.119. The number of anilines is 2. The van der Waals surface area contributed by atoms with Crippen LogP contribution in [0.5, 0.6) is 5.75 Å². The highest BCUT2D eigenvalue weighted by Crippen LogP contribution is 2.33. The fourth-order valence-electron chi connectivity index (χ4n) is 4.70. The van der Waals surface area contributed by atoms with Gasteiger partial charge in [0.25, 0.3) is 11.8 Å². The highest BCUT2D eigenvalue weighted by atomic mass is 19.3. The van der Waals surface area contributed by atoms with Gasteiger partial charge in [0.2, 0.25) is 5.91 Å². The van der Waals surface area contributed by atoms with Crippen molar-refractivity contribution in [3.8, 4) is 11.4 Å². The first kappa shape index (κ1) is 23.5. The lowest BCUT2D eigenvalue weighted by Gasteiger charge is -2.30. The molecule has 9 nitrogen and oxygen atoms in total. The number of carbonyl (C=O) groups excluding carboxylic acids is 3. The summed E-state index contributed by atoms with van der Waals surface area (Å²) in [6.07, 6.45) is 2.61. The maximum atomic E-state index is 13.7. The summed E-state index contributed by atoms with van der Waals surface area (Å²) in [7, 11) is 0. The molecule has 2 aliphatic heterocycles. The zero-order valence-electron chi connectivity index (χ0n) is 19.2. The van der Waals surface area contributed by atoms with Gasteiger partial charge < -0.3 is 20.3 Å². The molecule has 3 aromatic rings. The molecule has 3 heterocycles. The number of nitrogens with two attached hydrogens (primary N) is 1. The Morgan fingerprint density at radius 3 is 2.31 bits per heavy atom. The van der Waals surface area contributed by atoms with E-state index in [2.05, 4.69) is 9.84 Å². The van der Waals surface area contributed by atoms with Gasteiger partial charge in [-0.2, -0.15) is 13.9 Å². The average molecular weight is 495 g/mol. The third-order valence-electron chi connectivity index (χ3n) is 6.36. The van der Waals surface area contributed by atoms with Crippen molar-refractivity contribution in [3.63, 3.8) is 0 Å². The molecule has 36 heavy (non-hydrogen) atoms. The second-order valence-corrected chi connectivity index (χ2v) is 8.52. The summed E-state index contributed by atoms with van der Waals surface area (Å²) >= 11 is 0. The van der Waals surface area contributed by atoms with E-state index in [1.165, 1.54) is 23.1 Å². The summed E-state index contributed by atoms with van der Waals surface area (Å²) in [6, 6.07) is 13.0. The van der Waals surface area contributed by atoms with E-state index in [0.717, 1.165) is 23.2 Å². The minimum atomic E-state index is -3.09. The number of primary amides is 1. The van der Waals surface area contributed by atoms with Crippen molar-refractivity contribution < 1.29 is 27.9 Å². The molecule has 2 N–H and O–H groups in total. The van der Waals surface area contributed by atoms with Crippen LogP contribution in [0, 0.1) is 0 Å². The summed E-state index contributed by atoms with van der Waals surface area (Å²) in [5.74, 6) is -1.42. The number of fused-ring (bicyclic) bond motifs is 1. The molecule has 1 fully saturated rings. The largest absolute Gasteiger partial charge is 0.433 e. The molecule has 0 saturated carbocycles. The van der Waals surface area contributed by atoms with E-state index in [9.17, 15) is 23.2 Å². The van der Waals surface area contributed by atoms with Gasteiger partial charge in [-0.1, -0.05) is 12.1 Å². The number of aromatic nitrogens is 2. The smallest absolute Gasteiger partial charge is 0.387 e. The van der Waals surface area contributed by atoms with Crippen LogP contribution in [-0.4, -0.2) is 47.2 Å². The number of ether oxygens (including phenoxy) is 1. The van der Waals surface area contributed by atoms with E-state index < -0.39 is 18.4 Å². The van der Waals surface area contributed by atoms with Crippen LogP contribution in [0.3, 0.4) is 0 Å². The molecular weight excluding hydrogens is 472 g/mol. The third-order valence-corrected chi connectivity index (χ3v) is 6.36. The lowest BCUT2D eigenvalue weighted by atomic mass is 10.0. The molecule has 2 aliphatic rings. The van der Waals surface area contributed by atoms with Gasteiger partial charge in [-0.05, 0) is 55.7 Å². The second-order valence-electron chi connectivity index (χ2n) is 8.52. The monoisotopic (exact) mass is 495 g/mol. The molecule has 186 valence electrons. The van der Waals surface area contributed by atoms with E-state index in [1.54, 1.807) is 35.2 Å². The first-order valence-electron chi connectivity index (χ1n) is 11.5. The highest BCUT2D eigenvalue weighted by Gasteiger charge is 2.35. The number of para-hydroxylation sites is 2. The number of rotatable bonds is 6. The maximum Gasteiger partial charge on any atom is 0.387 e. The fraction of sp³-hybridized carbons (Fsp3) is 0.280.